The Morgan fingerprint density at radius 1 is 1.15 bits per heavy atom. The summed E-state index contributed by atoms with van der Waals surface area (Å²) in [5.41, 5.74) is 1.05. The fourth-order valence-electron chi connectivity index (χ4n) is 3.80. The molecule has 148 valence electrons. The summed E-state index contributed by atoms with van der Waals surface area (Å²) in [6.07, 6.45) is 1.66. The molecule has 7 heteroatoms. The van der Waals surface area contributed by atoms with Crippen LogP contribution in [0.25, 0.3) is 0 Å². The van der Waals surface area contributed by atoms with Gasteiger partial charge in [0.2, 0.25) is 5.91 Å². The van der Waals surface area contributed by atoms with Crippen LogP contribution in [0.1, 0.15) is 19.8 Å². The van der Waals surface area contributed by atoms with Crippen molar-refractivity contribution in [2.24, 2.45) is 5.92 Å². The molecule has 2 fully saturated rings. The van der Waals surface area contributed by atoms with Gasteiger partial charge in [-0.1, -0.05) is 23.7 Å². The van der Waals surface area contributed by atoms with Crippen LogP contribution in [0.15, 0.2) is 24.3 Å². The summed E-state index contributed by atoms with van der Waals surface area (Å²) < 4.78 is 5.12. The van der Waals surface area contributed by atoms with Crippen LogP contribution >= 0.6 is 11.6 Å². The maximum absolute atomic E-state index is 12.7. The Morgan fingerprint density at radius 2 is 1.89 bits per heavy atom. The lowest BCUT2D eigenvalue weighted by Gasteiger charge is -2.38. The van der Waals surface area contributed by atoms with Crippen molar-refractivity contribution in [1.29, 1.82) is 0 Å². The first kappa shape index (κ1) is 20.0. The number of carbonyl (C=O) groups is 2. The molecule has 1 atom stereocenters. The van der Waals surface area contributed by atoms with Crippen LogP contribution in [-0.4, -0.2) is 74.1 Å². The summed E-state index contributed by atoms with van der Waals surface area (Å²) in [6.45, 7) is 7.17. The van der Waals surface area contributed by atoms with Crippen molar-refractivity contribution in [2.45, 2.75) is 19.8 Å². The summed E-state index contributed by atoms with van der Waals surface area (Å²) in [7, 11) is 0. The molecule has 27 heavy (non-hydrogen) atoms. The van der Waals surface area contributed by atoms with Crippen LogP contribution in [0.4, 0.5) is 5.69 Å². The third-order valence-corrected chi connectivity index (χ3v) is 5.64. The van der Waals surface area contributed by atoms with E-state index in [0.29, 0.717) is 19.7 Å². The highest BCUT2D eigenvalue weighted by Crippen LogP contribution is 2.26. The van der Waals surface area contributed by atoms with Crippen molar-refractivity contribution < 1.29 is 14.3 Å². The highest BCUT2D eigenvalue weighted by molar-refractivity contribution is 6.33. The van der Waals surface area contributed by atoms with Gasteiger partial charge < -0.3 is 14.5 Å². The molecule has 1 amide bonds. The predicted octanol–water partition coefficient (Wildman–Crippen LogP) is 2.26. The molecule has 0 aromatic heterocycles. The van der Waals surface area contributed by atoms with E-state index in [1.165, 1.54) is 0 Å². The number of piperazine rings is 1. The first-order valence-corrected chi connectivity index (χ1v) is 10.1. The first-order valence-electron chi connectivity index (χ1n) is 9.74. The SMILES string of the molecule is CCOC(=O)C1CCCN(C(=O)CN2CCN(c3ccccc3Cl)CC2)C1. The van der Waals surface area contributed by atoms with E-state index in [4.69, 9.17) is 16.3 Å². The zero-order valence-electron chi connectivity index (χ0n) is 15.9. The second kappa shape index (κ2) is 9.42. The van der Waals surface area contributed by atoms with Crippen molar-refractivity contribution in [3.8, 4) is 0 Å². The number of piperidine rings is 1. The summed E-state index contributed by atoms with van der Waals surface area (Å²) in [6, 6.07) is 7.87. The van der Waals surface area contributed by atoms with E-state index in [1.807, 2.05) is 36.1 Å². The molecular formula is C20H28ClN3O3. The van der Waals surface area contributed by atoms with Crippen LogP contribution in [0.2, 0.25) is 5.02 Å². The highest BCUT2D eigenvalue weighted by atomic mass is 35.5. The van der Waals surface area contributed by atoms with E-state index in [9.17, 15) is 9.59 Å². The van der Waals surface area contributed by atoms with Crippen LogP contribution in [0, 0.1) is 5.92 Å². The smallest absolute Gasteiger partial charge is 0.310 e. The van der Waals surface area contributed by atoms with Crippen molar-refractivity contribution >= 4 is 29.2 Å². The Morgan fingerprint density at radius 3 is 2.59 bits per heavy atom. The molecule has 0 N–H and O–H groups in total. The number of halogens is 1. The molecule has 6 nitrogen and oxygen atoms in total. The van der Waals surface area contributed by atoms with Gasteiger partial charge in [0.15, 0.2) is 0 Å². The fraction of sp³-hybridized carbons (Fsp3) is 0.600. The minimum Gasteiger partial charge on any atom is -0.466 e. The quantitative estimate of drug-likeness (QED) is 0.718. The third-order valence-electron chi connectivity index (χ3n) is 5.32. The van der Waals surface area contributed by atoms with Crippen LogP contribution in [0.5, 0.6) is 0 Å². The van der Waals surface area contributed by atoms with E-state index < -0.39 is 0 Å². The molecule has 2 heterocycles. The molecule has 0 aliphatic carbocycles. The Balaban J connectivity index is 1.48. The minimum atomic E-state index is -0.181. The van der Waals surface area contributed by atoms with Gasteiger partial charge in [-0.3, -0.25) is 14.5 Å². The van der Waals surface area contributed by atoms with Crippen LogP contribution in [0.3, 0.4) is 0 Å². The number of nitrogens with zero attached hydrogens (tertiary/aromatic N) is 3. The summed E-state index contributed by atoms with van der Waals surface area (Å²) in [4.78, 5) is 30.9. The minimum absolute atomic E-state index is 0.107. The molecular weight excluding hydrogens is 366 g/mol. The Bertz CT molecular complexity index is 662. The number of rotatable bonds is 5. The lowest BCUT2D eigenvalue weighted by atomic mass is 9.98. The Kier molecular flexibility index (Phi) is 6.96. The number of carbonyl (C=O) groups excluding carboxylic acids is 2. The average Bonchev–Trinajstić information content (AvgIpc) is 2.69. The number of esters is 1. The number of ether oxygens (including phenoxy) is 1. The molecule has 3 rings (SSSR count). The molecule has 1 unspecified atom stereocenters. The third kappa shape index (κ3) is 5.14. The number of para-hydroxylation sites is 1. The van der Waals surface area contributed by atoms with E-state index in [0.717, 1.165) is 56.3 Å². The number of amides is 1. The monoisotopic (exact) mass is 393 g/mol. The average molecular weight is 394 g/mol. The van der Waals surface area contributed by atoms with E-state index in [2.05, 4.69) is 9.80 Å². The predicted molar refractivity (Wildman–Crippen MR) is 106 cm³/mol. The molecule has 2 saturated heterocycles. The standard InChI is InChI=1S/C20H28ClN3O3/c1-2-27-20(26)16-6-5-9-24(14-16)19(25)15-22-10-12-23(13-11-22)18-8-4-3-7-17(18)21/h3-4,7-8,16H,2,5-6,9-15H2,1H3. The van der Waals surface area contributed by atoms with E-state index in [-0.39, 0.29) is 17.8 Å². The second-order valence-electron chi connectivity index (χ2n) is 7.15. The van der Waals surface area contributed by atoms with Gasteiger partial charge in [-0.2, -0.15) is 0 Å². The molecule has 1 aromatic rings. The van der Waals surface area contributed by atoms with Crippen LogP contribution < -0.4 is 4.90 Å². The van der Waals surface area contributed by atoms with Gasteiger partial charge in [-0.25, -0.2) is 0 Å². The van der Waals surface area contributed by atoms with Crippen molar-refractivity contribution in [2.75, 3.05) is 57.3 Å². The van der Waals surface area contributed by atoms with Gasteiger partial charge in [-0.05, 0) is 31.9 Å². The molecule has 2 aliphatic heterocycles. The van der Waals surface area contributed by atoms with E-state index >= 15 is 0 Å². The molecule has 1 aromatic carbocycles. The number of likely N-dealkylation sites (tertiary alicyclic amines) is 1. The fourth-order valence-corrected chi connectivity index (χ4v) is 4.06. The summed E-state index contributed by atoms with van der Waals surface area (Å²) >= 11 is 6.29. The zero-order chi connectivity index (χ0) is 19.2. The summed E-state index contributed by atoms with van der Waals surface area (Å²) in [5, 5.41) is 0.764. The van der Waals surface area contributed by atoms with E-state index in [1.54, 1.807) is 0 Å². The van der Waals surface area contributed by atoms with Gasteiger partial charge in [0, 0.05) is 39.3 Å². The Labute approximate surface area is 166 Å². The van der Waals surface area contributed by atoms with Gasteiger partial charge in [0.1, 0.15) is 0 Å². The number of benzene rings is 1. The number of hydrogen-bond acceptors (Lipinski definition) is 5. The topological polar surface area (TPSA) is 53.1 Å². The van der Waals surface area contributed by atoms with Crippen molar-refractivity contribution in [1.82, 2.24) is 9.80 Å². The molecule has 2 aliphatic rings. The lowest BCUT2D eigenvalue weighted by molar-refractivity contribution is -0.151. The number of anilines is 1. The van der Waals surface area contributed by atoms with Gasteiger partial charge in [-0.15, -0.1) is 0 Å². The lowest BCUT2D eigenvalue weighted by Crippen LogP contribution is -2.52. The van der Waals surface area contributed by atoms with Crippen molar-refractivity contribution in [3.63, 3.8) is 0 Å². The zero-order valence-corrected chi connectivity index (χ0v) is 16.7. The normalized spacial score (nSPS) is 21.2. The Hall–Kier alpha value is -1.79. The van der Waals surface area contributed by atoms with Crippen molar-refractivity contribution in [3.05, 3.63) is 29.3 Å². The number of hydrogen-bond donors (Lipinski definition) is 0. The molecule has 0 radical (unpaired) electrons. The van der Waals surface area contributed by atoms with Gasteiger partial charge >= 0.3 is 5.97 Å². The largest absolute Gasteiger partial charge is 0.466 e. The second-order valence-corrected chi connectivity index (χ2v) is 7.55. The first-order chi connectivity index (χ1) is 13.1. The molecule has 0 bridgehead atoms. The molecule has 0 spiro atoms. The van der Waals surface area contributed by atoms with Gasteiger partial charge in [0.05, 0.1) is 29.8 Å². The summed E-state index contributed by atoms with van der Waals surface area (Å²) in [5.74, 6) is -0.252. The molecule has 0 saturated carbocycles. The van der Waals surface area contributed by atoms with Crippen LogP contribution in [-0.2, 0) is 14.3 Å². The maximum Gasteiger partial charge on any atom is 0.310 e. The highest BCUT2D eigenvalue weighted by Gasteiger charge is 2.30. The maximum atomic E-state index is 12.7. The van der Waals surface area contributed by atoms with Gasteiger partial charge in [0.25, 0.3) is 0 Å².